The Kier molecular flexibility index (Phi) is 6.40. The summed E-state index contributed by atoms with van der Waals surface area (Å²) in [6.45, 7) is 2.34. The van der Waals surface area contributed by atoms with Crippen molar-refractivity contribution >= 4 is 17.5 Å². The molecule has 0 bridgehead atoms. The normalized spacial score (nSPS) is 14.6. The Morgan fingerprint density at radius 2 is 1.72 bits per heavy atom. The number of carbonyl (C=O) groups excluding carboxylic acids is 2. The van der Waals surface area contributed by atoms with Gasteiger partial charge in [0.25, 0.3) is 11.8 Å². The van der Waals surface area contributed by atoms with Crippen molar-refractivity contribution in [2.24, 2.45) is 0 Å². The van der Waals surface area contributed by atoms with Crippen LogP contribution in [0.25, 0.3) is 0 Å². The highest BCUT2D eigenvalue weighted by Gasteiger charge is 2.31. The molecule has 1 aliphatic rings. The molecule has 0 radical (unpaired) electrons. The molecule has 0 spiro atoms. The Balaban J connectivity index is 1.38. The molecule has 0 aromatic heterocycles. The Bertz CT molecular complexity index is 1100. The van der Waals surface area contributed by atoms with Crippen molar-refractivity contribution in [1.82, 2.24) is 5.32 Å². The van der Waals surface area contributed by atoms with Gasteiger partial charge in [-0.05, 0) is 66.9 Å². The van der Waals surface area contributed by atoms with Crippen molar-refractivity contribution in [3.63, 3.8) is 0 Å². The fourth-order valence-electron chi connectivity index (χ4n) is 3.87. The predicted molar refractivity (Wildman–Crippen MR) is 123 cm³/mol. The molecule has 6 nitrogen and oxygen atoms in total. The molecular formula is C26H26N2O4. The van der Waals surface area contributed by atoms with Gasteiger partial charge in [-0.1, -0.05) is 30.3 Å². The molecule has 1 atom stereocenters. The number of hydrogen-bond donors (Lipinski definition) is 1. The summed E-state index contributed by atoms with van der Waals surface area (Å²) >= 11 is 0. The van der Waals surface area contributed by atoms with Crippen LogP contribution in [0, 0.1) is 0 Å². The molecule has 1 N–H and O–H groups in total. The zero-order chi connectivity index (χ0) is 22.5. The third kappa shape index (κ3) is 4.75. The first kappa shape index (κ1) is 21.4. The first-order valence-corrected chi connectivity index (χ1v) is 10.6. The van der Waals surface area contributed by atoms with Gasteiger partial charge in [0, 0.05) is 23.8 Å². The number of benzene rings is 3. The molecule has 6 heteroatoms. The highest BCUT2D eigenvalue weighted by molar-refractivity contribution is 6.07. The molecule has 2 amide bonds. The van der Waals surface area contributed by atoms with Crippen LogP contribution in [0.5, 0.6) is 11.5 Å². The summed E-state index contributed by atoms with van der Waals surface area (Å²) in [7, 11) is 1.60. The van der Waals surface area contributed by atoms with Crippen LogP contribution in [-0.4, -0.2) is 31.6 Å². The van der Waals surface area contributed by atoms with Crippen LogP contribution in [-0.2, 0) is 17.8 Å². The second-order valence-electron chi connectivity index (χ2n) is 7.80. The number of hydrogen-bond acceptors (Lipinski definition) is 4. The van der Waals surface area contributed by atoms with E-state index in [1.54, 1.807) is 31.4 Å². The number of anilines is 1. The second kappa shape index (κ2) is 9.56. The van der Waals surface area contributed by atoms with Gasteiger partial charge in [0.05, 0.1) is 7.11 Å². The minimum absolute atomic E-state index is 0.00840. The fourth-order valence-corrected chi connectivity index (χ4v) is 3.87. The zero-order valence-electron chi connectivity index (χ0n) is 18.2. The van der Waals surface area contributed by atoms with Crippen molar-refractivity contribution in [1.29, 1.82) is 0 Å². The lowest BCUT2D eigenvalue weighted by molar-refractivity contribution is -0.123. The molecule has 32 heavy (non-hydrogen) atoms. The molecule has 1 aliphatic heterocycles. The lowest BCUT2D eigenvalue weighted by Gasteiger charge is -2.23. The highest BCUT2D eigenvalue weighted by Crippen LogP contribution is 2.34. The minimum atomic E-state index is -0.216. The van der Waals surface area contributed by atoms with E-state index < -0.39 is 0 Å². The van der Waals surface area contributed by atoms with Gasteiger partial charge >= 0.3 is 0 Å². The first-order chi connectivity index (χ1) is 15.5. The van der Waals surface area contributed by atoms with Crippen LogP contribution in [0.3, 0.4) is 0 Å². The molecule has 0 saturated carbocycles. The minimum Gasteiger partial charge on any atom is -0.497 e. The SMILES string of the molecule is COc1ccc(OCC(=O)NCc2ccc3c(c2)N(C(=O)c2ccccc2)[C@H](C)C3)cc1. The number of rotatable bonds is 7. The summed E-state index contributed by atoms with van der Waals surface area (Å²) in [5.41, 5.74) is 3.65. The van der Waals surface area contributed by atoms with E-state index in [9.17, 15) is 9.59 Å². The summed E-state index contributed by atoms with van der Waals surface area (Å²) in [4.78, 5) is 27.2. The number of ether oxygens (including phenoxy) is 2. The third-order valence-electron chi connectivity index (χ3n) is 5.52. The van der Waals surface area contributed by atoms with Crippen molar-refractivity contribution in [2.45, 2.75) is 25.9 Å². The number of amides is 2. The lowest BCUT2D eigenvalue weighted by Crippen LogP contribution is -2.35. The van der Waals surface area contributed by atoms with Crippen LogP contribution < -0.4 is 19.7 Å². The van der Waals surface area contributed by atoms with Gasteiger partial charge in [0.2, 0.25) is 0 Å². The Labute approximate surface area is 187 Å². The van der Waals surface area contributed by atoms with Crippen LogP contribution in [0.4, 0.5) is 5.69 Å². The molecule has 0 unspecified atom stereocenters. The average molecular weight is 431 g/mol. The lowest BCUT2D eigenvalue weighted by atomic mass is 10.1. The third-order valence-corrected chi connectivity index (χ3v) is 5.52. The van der Waals surface area contributed by atoms with Gasteiger partial charge in [-0.2, -0.15) is 0 Å². The monoisotopic (exact) mass is 430 g/mol. The van der Waals surface area contributed by atoms with Crippen molar-refractivity contribution < 1.29 is 19.1 Å². The van der Waals surface area contributed by atoms with Crippen LogP contribution in [0.1, 0.15) is 28.4 Å². The molecule has 0 aliphatic carbocycles. The summed E-state index contributed by atoms with van der Waals surface area (Å²) in [6, 6.07) is 22.5. The van der Waals surface area contributed by atoms with E-state index in [2.05, 4.69) is 12.2 Å². The Morgan fingerprint density at radius 3 is 2.44 bits per heavy atom. The van der Waals surface area contributed by atoms with E-state index in [-0.39, 0.29) is 24.5 Å². The van der Waals surface area contributed by atoms with Crippen molar-refractivity contribution in [2.75, 3.05) is 18.6 Å². The molecule has 3 aromatic rings. The number of carbonyl (C=O) groups is 2. The topological polar surface area (TPSA) is 67.9 Å². The predicted octanol–water partition coefficient (Wildman–Crippen LogP) is 3.98. The smallest absolute Gasteiger partial charge is 0.258 e. The van der Waals surface area contributed by atoms with E-state index in [0.717, 1.165) is 29.0 Å². The second-order valence-corrected chi connectivity index (χ2v) is 7.80. The molecule has 3 aromatic carbocycles. The van der Waals surface area contributed by atoms with Crippen LogP contribution >= 0.6 is 0 Å². The van der Waals surface area contributed by atoms with Gasteiger partial charge in [-0.25, -0.2) is 0 Å². The number of nitrogens with zero attached hydrogens (tertiary/aromatic N) is 1. The van der Waals surface area contributed by atoms with Crippen molar-refractivity contribution in [3.8, 4) is 11.5 Å². The summed E-state index contributed by atoms with van der Waals surface area (Å²) in [5, 5.41) is 2.88. The van der Waals surface area contributed by atoms with Gasteiger partial charge < -0.3 is 19.7 Å². The molecule has 0 saturated heterocycles. The zero-order valence-corrected chi connectivity index (χ0v) is 18.2. The average Bonchev–Trinajstić information content (AvgIpc) is 3.16. The maximum Gasteiger partial charge on any atom is 0.258 e. The van der Waals surface area contributed by atoms with Crippen LogP contribution in [0.15, 0.2) is 72.8 Å². The highest BCUT2D eigenvalue weighted by atomic mass is 16.5. The number of nitrogens with one attached hydrogen (secondary N) is 1. The summed E-state index contributed by atoms with van der Waals surface area (Å²) < 4.78 is 10.6. The van der Waals surface area contributed by atoms with Gasteiger partial charge in [0.1, 0.15) is 11.5 Å². The van der Waals surface area contributed by atoms with Gasteiger partial charge in [-0.3, -0.25) is 9.59 Å². The fraction of sp³-hybridized carbons (Fsp3) is 0.231. The standard InChI is InChI=1S/C26H26N2O4/c1-18-14-21-9-8-19(15-24(21)28(18)26(30)20-6-4-3-5-7-20)16-27-25(29)17-32-23-12-10-22(31-2)11-13-23/h3-13,15,18H,14,16-17H2,1-2H3,(H,27,29)/t18-/m1/s1. The van der Waals surface area contributed by atoms with E-state index in [0.29, 0.717) is 17.9 Å². The number of fused-ring (bicyclic) bond motifs is 1. The van der Waals surface area contributed by atoms with E-state index >= 15 is 0 Å². The largest absolute Gasteiger partial charge is 0.497 e. The molecular weight excluding hydrogens is 404 g/mol. The first-order valence-electron chi connectivity index (χ1n) is 10.6. The number of methoxy groups -OCH3 is 1. The summed E-state index contributed by atoms with van der Waals surface area (Å²) in [6.07, 6.45) is 0.816. The molecule has 4 rings (SSSR count). The van der Waals surface area contributed by atoms with Crippen LogP contribution in [0.2, 0.25) is 0 Å². The van der Waals surface area contributed by atoms with Crippen molar-refractivity contribution in [3.05, 3.63) is 89.5 Å². The Morgan fingerprint density at radius 1 is 1.00 bits per heavy atom. The quantitative estimate of drug-likeness (QED) is 0.616. The van der Waals surface area contributed by atoms with E-state index in [1.165, 1.54) is 0 Å². The van der Waals surface area contributed by atoms with Gasteiger partial charge in [-0.15, -0.1) is 0 Å². The Hall–Kier alpha value is -3.80. The summed E-state index contributed by atoms with van der Waals surface area (Å²) in [5.74, 6) is 1.10. The molecule has 164 valence electrons. The van der Waals surface area contributed by atoms with Gasteiger partial charge in [0.15, 0.2) is 6.61 Å². The molecule has 1 heterocycles. The maximum atomic E-state index is 13.1. The maximum absolute atomic E-state index is 13.1. The van der Waals surface area contributed by atoms with E-state index in [1.807, 2.05) is 53.4 Å². The van der Waals surface area contributed by atoms with E-state index in [4.69, 9.17) is 9.47 Å². The molecule has 0 fully saturated rings.